The molecule has 1 N–H and O–H groups in total. The Kier molecular flexibility index (Phi) is 5.70. The zero-order valence-corrected chi connectivity index (χ0v) is 15.7. The van der Waals surface area contributed by atoms with Crippen molar-refractivity contribution in [3.63, 3.8) is 0 Å². The van der Waals surface area contributed by atoms with Gasteiger partial charge in [0.25, 0.3) is 11.5 Å². The van der Waals surface area contributed by atoms with E-state index < -0.39 is 0 Å². The van der Waals surface area contributed by atoms with E-state index in [0.717, 1.165) is 9.37 Å². The van der Waals surface area contributed by atoms with Crippen LogP contribution in [0.25, 0.3) is 0 Å². The van der Waals surface area contributed by atoms with E-state index in [0.29, 0.717) is 12.1 Å². The fourth-order valence-corrected chi connectivity index (χ4v) is 3.26. The lowest BCUT2D eigenvalue weighted by Gasteiger charge is -2.24. The smallest absolute Gasteiger partial charge is 0.251 e. The lowest BCUT2D eigenvalue weighted by molar-refractivity contribution is 0.0950. The molecular formula is C17H19BrN2O2S. The van der Waals surface area contributed by atoms with Crippen molar-refractivity contribution >= 4 is 33.6 Å². The van der Waals surface area contributed by atoms with Gasteiger partial charge in [-0.15, -0.1) is 11.8 Å². The summed E-state index contributed by atoms with van der Waals surface area (Å²) in [5.74, 6) is -0.229. The molecule has 6 heteroatoms. The molecule has 1 aromatic carbocycles. The number of hydrogen-bond acceptors (Lipinski definition) is 3. The van der Waals surface area contributed by atoms with Crippen molar-refractivity contribution in [3.05, 3.63) is 63.0 Å². The van der Waals surface area contributed by atoms with Gasteiger partial charge in [0.15, 0.2) is 0 Å². The monoisotopic (exact) mass is 394 g/mol. The lowest BCUT2D eigenvalue weighted by Crippen LogP contribution is -2.36. The largest absolute Gasteiger partial charge is 0.351 e. The Morgan fingerprint density at radius 1 is 1.26 bits per heavy atom. The molecule has 122 valence electrons. The zero-order valence-electron chi connectivity index (χ0n) is 13.3. The molecule has 4 nitrogen and oxygen atoms in total. The summed E-state index contributed by atoms with van der Waals surface area (Å²) in [6.07, 6.45) is 1.60. The minimum Gasteiger partial charge on any atom is -0.351 e. The van der Waals surface area contributed by atoms with Crippen molar-refractivity contribution in [2.75, 3.05) is 6.54 Å². The average Bonchev–Trinajstić information content (AvgIpc) is 2.50. The summed E-state index contributed by atoms with van der Waals surface area (Å²) < 4.78 is 2.31. The number of nitrogens with zero attached hydrogens (tertiary/aromatic N) is 1. The topological polar surface area (TPSA) is 51.1 Å². The van der Waals surface area contributed by atoms with Gasteiger partial charge in [-0.2, -0.15) is 0 Å². The number of aromatic nitrogens is 1. The summed E-state index contributed by atoms with van der Waals surface area (Å²) in [7, 11) is 1.65. The number of aryl methyl sites for hydroxylation is 1. The Bertz CT molecular complexity index is 754. The third-order valence-corrected chi connectivity index (χ3v) is 4.98. The number of benzene rings is 1. The van der Waals surface area contributed by atoms with E-state index in [9.17, 15) is 9.59 Å². The van der Waals surface area contributed by atoms with Gasteiger partial charge in [-0.3, -0.25) is 9.59 Å². The van der Waals surface area contributed by atoms with Crippen molar-refractivity contribution in [1.29, 1.82) is 0 Å². The van der Waals surface area contributed by atoms with Crippen LogP contribution in [0.2, 0.25) is 0 Å². The van der Waals surface area contributed by atoms with Crippen molar-refractivity contribution in [1.82, 2.24) is 9.88 Å². The van der Waals surface area contributed by atoms with Crippen LogP contribution in [0.1, 0.15) is 24.2 Å². The molecule has 2 aromatic rings. The molecule has 0 atom stereocenters. The van der Waals surface area contributed by atoms with Gasteiger partial charge in [0.05, 0.1) is 0 Å². The number of pyridine rings is 1. The number of amides is 1. The van der Waals surface area contributed by atoms with Crippen LogP contribution in [0.3, 0.4) is 0 Å². The second-order valence-corrected chi connectivity index (χ2v) is 8.56. The molecule has 0 unspecified atom stereocenters. The van der Waals surface area contributed by atoms with Gasteiger partial charge in [-0.1, -0.05) is 15.9 Å². The standard InChI is InChI=1S/C17H19BrN2O2S/c1-17(2,23-14-6-4-13(18)5-7-14)11-19-16(22)12-8-9-20(3)15(21)10-12/h4-10H,11H2,1-3H3,(H,19,22). The maximum atomic E-state index is 12.2. The molecule has 1 aromatic heterocycles. The highest BCUT2D eigenvalue weighted by atomic mass is 79.9. The molecule has 0 fully saturated rings. The molecule has 0 saturated heterocycles. The molecular weight excluding hydrogens is 376 g/mol. The van der Waals surface area contributed by atoms with Crippen molar-refractivity contribution in [3.8, 4) is 0 Å². The Labute approximate surface area is 148 Å². The Morgan fingerprint density at radius 3 is 2.52 bits per heavy atom. The number of halogens is 1. The second kappa shape index (κ2) is 7.36. The van der Waals surface area contributed by atoms with Crippen LogP contribution in [-0.4, -0.2) is 21.8 Å². The molecule has 0 spiro atoms. The van der Waals surface area contributed by atoms with Crippen LogP contribution < -0.4 is 10.9 Å². The fraction of sp³-hybridized carbons (Fsp3) is 0.294. The summed E-state index contributed by atoms with van der Waals surface area (Å²) in [6, 6.07) is 11.1. The number of carbonyl (C=O) groups is 1. The van der Waals surface area contributed by atoms with Gasteiger partial charge < -0.3 is 9.88 Å². The molecule has 0 saturated carbocycles. The normalized spacial score (nSPS) is 11.3. The van der Waals surface area contributed by atoms with Crippen LogP contribution in [0.15, 0.2) is 56.8 Å². The van der Waals surface area contributed by atoms with E-state index in [1.165, 1.54) is 10.6 Å². The number of carbonyl (C=O) groups excluding carboxylic acids is 1. The Morgan fingerprint density at radius 2 is 1.91 bits per heavy atom. The van der Waals surface area contributed by atoms with E-state index in [2.05, 4.69) is 35.1 Å². The highest BCUT2D eigenvalue weighted by Crippen LogP contribution is 2.32. The minimum atomic E-state index is -0.229. The van der Waals surface area contributed by atoms with Crippen molar-refractivity contribution in [2.24, 2.45) is 7.05 Å². The maximum Gasteiger partial charge on any atom is 0.251 e. The van der Waals surface area contributed by atoms with Gasteiger partial charge in [-0.25, -0.2) is 0 Å². The van der Waals surface area contributed by atoms with Crippen molar-refractivity contribution < 1.29 is 4.79 Å². The molecule has 2 rings (SSSR count). The minimum absolute atomic E-state index is 0.163. The van der Waals surface area contributed by atoms with E-state index in [1.54, 1.807) is 31.1 Å². The first-order valence-electron chi connectivity index (χ1n) is 7.16. The molecule has 0 bridgehead atoms. The second-order valence-electron chi connectivity index (χ2n) is 5.86. The fourth-order valence-electron chi connectivity index (χ4n) is 1.94. The van der Waals surface area contributed by atoms with E-state index in [4.69, 9.17) is 0 Å². The predicted octanol–water partition coefficient (Wildman–Crippen LogP) is 3.45. The first-order valence-corrected chi connectivity index (χ1v) is 8.77. The molecule has 23 heavy (non-hydrogen) atoms. The SMILES string of the molecule is Cn1ccc(C(=O)NCC(C)(C)Sc2ccc(Br)cc2)cc1=O. The van der Waals surface area contributed by atoms with Gasteiger partial charge in [-0.05, 0) is 44.2 Å². The van der Waals surface area contributed by atoms with Gasteiger partial charge >= 0.3 is 0 Å². The summed E-state index contributed by atoms with van der Waals surface area (Å²) >= 11 is 5.11. The number of thioether (sulfide) groups is 1. The maximum absolute atomic E-state index is 12.2. The third-order valence-electron chi connectivity index (χ3n) is 3.25. The Balaban J connectivity index is 1.97. The summed E-state index contributed by atoms with van der Waals surface area (Å²) in [4.78, 5) is 24.9. The first kappa shape index (κ1) is 17.8. The van der Waals surface area contributed by atoms with Crippen LogP contribution in [0.4, 0.5) is 0 Å². The van der Waals surface area contributed by atoms with E-state index >= 15 is 0 Å². The molecule has 0 aliphatic rings. The quantitative estimate of drug-likeness (QED) is 0.790. The molecule has 0 radical (unpaired) electrons. The highest BCUT2D eigenvalue weighted by Gasteiger charge is 2.21. The van der Waals surface area contributed by atoms with E-state index in [-0.39, 0.29) is 16.2 Å². The molecule has 1 amide bonds. The highest BCUT2D eigenvalue weighted by molar-refractivity contribution is 9.10. The number of hydrogen-bond donors (Lipinski definition) is 1. The van der Waals surface area contributed by atoms with Crippen LogP contribution in [0, 0.1) is 0 Å². The van der Waals surface area contributed by atoms with E-state index in [1.807, 2.05) is 24.3 Å². The van der Waals surface area contributed by atoms with Gasteiger partial charge in [0.1, 0.15) is 0 Å². The number of nitrogens with one attached hydrogen (secondary N) is 1. The van der Waals surface area contributed by atoms with Crippen LogP contribution >= 0.6 is 27.7 Å². The molecule has 1 heterocycles. The summed E-state index contributed by atoms with van der Waals surface area (Å²) in [6.45, 7) is 4.65. The number of rotatable bonds is 5. The third kappa shape index (κ3) is 5.25. The molecule has 0 aliphatic heterocycles. The zero-order chi connectivity index (χ0) is 17.0. The Hall–Kier alpha value is -1.53. The first-order chi connectivity index (χ1) is 10.8. The summed E-state index contributed by atoms with van der Waals surface area (Å²) in [5.41, 5.74) is 0.193. The molecule has 0 aliphatic carbocycles. The summed E-state index contributed by atoms with van der Waals surface area (Å²) in [5, 5.41) is 2.90. The van der Waals surface area contributed by atoms with Gasteiger partial charge in [0.2, 0.25) is 0 Å². The van der Waals surface area contributed by atoms with Crippen LogP contribution in [0.5, 0.6) is 0 Å². The van der Waals surface area contributed by atoms with Gasteiger partial charge in [0, 0.05) is 45.5 Å². The van der Waals surface area contributed by atoms with Crippen LogP contribution in [-0.2, 0) is 7.05 Å². The van der Waals surface area contributed by atoms with Crippen molar-refractivity contribution in [2.45, 2.75) is 23.5 Å². The average molecular weight is 395 g/mol. The predicted molar refractivity (Wildman–Crippen MR) is 98.1 cm³/mol. The lowest BCUT2D eigenvalue weighted by atomic mass is 10.2.